The second-order valence-electron chi connectivity index (χ2n) is 5.99. The average Bonchev–Trinajstić information content (AvgIpc) is 2.61. The van der Waals surface area contributed by atoms with Gasteiger partial charge in [-0.25, -0.2) is 4.98 Å². The fourth-order valence-electron chi connectivity index (χ4n) is 2.58. The van der Waals surface area contributed by atoms with Gasteiger partial charge >= 0.3 is 0 Å². The highest BCUT2D eigenvalue weighted by molar-refractivity contribution is 6.31. The highest BCUT2D eigenvalue weighted by atomic mass is 35.5. The Morgan fingerprint density at radius 3 is 2.62 bits per heavy atom. The molecule has 0 amide bonds. The number of methoxy groups -OCH3 is 1. The summed E-state index contributed by atoms with van der Waals surface area (Å²) in [5, 5.41) is 7.27. The van der Waals surface area contributed by atoms with Gasteiger partial charge in [-0.15, -0.1) is 0 Å². The first kappa shape index (κ1) is 18.0. The van der Waals surface area contributed by atoms with Gasteiger partial charge in [-0.1, -0.05) is 35.9 Å². The standard InChI is InChI=1S/C20H21ClN4O/c1-13-8-9-18(26-3)17(10-13)24-20-23-14(2)11-19(25-20)22-12-15-6-4-5-7-16(15)21/h4-11H,12H2,1-3H3,(H2,22,23,24,25). The Morgan fingerprint density at radius 1 is 1.04 bits per heavy atom. The van der Waals surface area contributed by atoms with E-state index in [9.17, 15) is 0 Å². The van der Waals surface area contributed by atoms with Gasteiger partial charge in [0.1, 0.15) is 11.6 Å². The van der Waals surface area contributed by atoms with Crippen LogP contribution in [0.25, 0.3) is 0 Å². The summed E-state index contributed by atoms with van der Waals surface area (Å²) in [6.07, 6.45) is 0. The molecule has 5 nitrogen and oxygen atoms in total. The van der Waals surface area contributed by atoms with E-state index in [-0.39, 0.29) is 0 Å². The normalized spacial score (nSPS) is 10.5. The maximum absolute atomic E-state index is 6.21. The van der Waals surface area contributed by atoms with Crippen molar-refractivity contribution in [1.82, 2.24) is 9.97 Å². The van der Waals surface area contributed by atoms with Gasteiger partial charge in [-0.2, -0.15) is 4.98 Å². The summed E-state index contributed by atoms with van der Waals surface area (Å²) < 4.78 is 5.40. The Balaban J connectivity index is 1.80. The molecule has 26 heavy (non-hydrogen) atoms. The molecule has 0 saturated heterocycles. The second-order valence-corrected chi connectivity index (χ2v) is 6.40. The minimum Gasteiger partial charge on any atom is -0.495 e. The Kier molecular flexibility index (Phi) is 5.58. The van der Waals surface area contributed by atoms with E-state index in [1.165, 1.54) is 0 Å². The molecule has 0 bridgehead atoms. The van der Waals surface area contributed by atoms with Crippen molar-refractivity contribution in [3.8, 4) is 5.75 Å². The first-order chi connectivity index (χ1) is 12.5. The topological polar surface area (TPSA) is 59.1 Å². The molecule has 0 fully saturated rings. The van der Waals surface area contributed by atoms with Gasteiger partial charge in [0.05, 0.1) is 12.8 Å². The molecule has 3 rings (SSSR count). The Hall–Kier alpha value is -2.79. The van der Waals surface area contributed by atoms with Crippen molar-refractivity contribution in [2.45, 2.75) is 20.4 Å². The van der Waals surface area contributed by atoms with Gasteiger partial charge in [0.25, 0.3) is 0 Å². The molecule has 1 heterocycles. The van der Waals surface area contributed by atoms with Crippen LogP contribution in [0.4, 0.5) is 17.5 Å². The number of benzene rings is 2. The zero-order chi connectivity index (χ0) is 18.5. The van der Waals surface area contributed by atoms with Crippen molar-refractivity contribution >= 4 is 29.1 Å². The van der Waals surface area contributed by atoms with Crippen LogP contribution in [0.2, 0.25) is 5.02 Å². The first-order valence-corrected chi connectivity index (χ1v) is 8.67. The molecule has 3 aromatic rings. The summed E-state index contributed by atoms with van der Waals surface area (Å²) >= 11 is 6.21. The van der Waals surface area contributed by atoms with Gasteiger partial charge in [0, 0.05) is 23.3 Å². The van der Waals surface area contributed by atoms with Crippen LogP contribution in [-0.2, 0) is 6.54 Å². The average molecular weight is 369 g/mol. The highest BCUT2D eigenvalue weighted by Gasteiger charge is 2.08. The number of hydrogen-bond acceptors (Lipinski definition) is 5. The summed E-state index contributed by atoms with van der Waals surface area (Å²) in [5.41, 5.74) is 3.82. The van der Waals surface area contributed by atoms with Gasteiger partial charge in [0.2, 0.25) is 5.95 Å². The molecule has 0 aliphatic carbocycles. The Bertz CT molecular complexity index is 914. The van der Waals surface area contributed by atoms with E-state index in [1.807, 2.05) is 62.4 Å². The zero-order valence-corrected chi connectivity index (χ0v) is 15.8. The molecular formula is C20H21ClN4O. The van der Waals surface area contributed by atoms with Crippen LogP contribution in [0, 0.1) is 13.8 Å². The minimum atomic E-state index is 0.510. The quantitative estimate of drug-likeness (QED) is 0.633. The summed E-state index contributed by atoms with van der Waals surface area (Å²) in [5.74, 6) is 1.98. The monoisotopic (exact) mass is 368 g/mol. The predicted octanol–water partition coefficient (Wildman–Crippen LogP) is 5.11. The lowest BCUT2D eigenvalue weighted by molar-refractivity contribution is 0.416. The van der Waals surface area contributed by atoms with Crippen LogP contribution in [-0.4, -0.2) is 17.1 Å². The van der Waals surface area contributed by atoms with Crippen LogP contribution in [0.1, 0.15) is 16.8 Å². The number of nitrogens with zero attached hydrogens (tertiary/aromatic N) is 2. The molecule has 2 aromatic carbocycles. The first-order valence-electron chi connectivity index (χ1n) is 8.30. The lowest BCUT2D eigenvalue weighted by Crippen LogP contribution is -2.06. The number of hydrogen-bond donors (Lipinski definition) is 2. The number of nitrogens with one attached hydrogen (secondary N) is 2. The molecule has 0 spiro atoms. The minimum absolute atomic E-state index is 0.510. The molecular weight excluding hydrogens is 348 g/mol. The molecule has 0 aliphatic rings. The van der Waals surface area contributed by atoms with Crippen LogP contribution in [0.5, 0.6) is 5.75 Å². The molecule has 6 heteroatoms. The summed E-state index contributed by atoms with van der Waals surface area (Å²) in [7, 11) is 1.64. The van der Waals surface area contributed by atoms with Gasteiger partial charge in [-0.3, -0.25) is 0 Å². The lowest BCUT2D eigenvalue weighted by Gasteiger charge is -2.13. The number of ether oxygens (including phenoxy) is 1. The second kappa shape index (κ2) is 8.06. The molecule has 0 unspecified atom stereocenters. The SMILES string of the molecule is COc1ccc(C)cc1Nc1nc(C)cc(NCc2ccccc2Cl)n1. The van der Waals surface area contributed by atoms with E-state index in [0.717, 1.165) is 39.1 Å². The summed E-state index contributed by atoms with van der Waals surface area (Å²) in [4.78, 5) is 9.01. The third-order valence-corrected chi connectivity index (χ3v) is 4.24. The largest absolute Gasteiger partial charge is 0.495 e. The maximum atomic E-state index is 6.21. The third kappa shape index (κ3) is 4.43. The molecule has 1 aromatic heterocycles. The van der Waals surface area contributed by atoms with Crippen LogP contribution >= 0.6 is 11.6 Å². The van der Waals surface area contributed by atoms with Crippen LogP contribution < -0.4 is 15.4 Å². The maximum Gasteiger partial charge on any atom is 0.229 e. The van der Waals surface area contributed by atoms with E-state index in [0.29, 0.717) is 12.5 Å². The number of anilines is 3. The van der Waals surface area contributed by atoms with Crippen molar-refractivity contribution in [2.75, 3.05) is 17.7 Å². The van der Waals surface area contributed by atoms with Gasteiger partial charge < -0.3 is 15.4 Å². The molecule has 0 saturated carbocycles. The van der Waals surface area contributed by atoms with Crippen LogP contribution in [0.15, 0.2) is 48.5 Å². The Labute approximate surface area is 158 Å². The van der Waals surface area contributed by atoms with Crippen molar-refractivity contribution in [2.24, 2.45) is 0 Å². The highest BCUT2D eigenvalue weighted by Crippen LogP contribution is 2.28. The van der Waals surface area contributed by atoms with Gasteiger partial charge in [-0.05, 0) is 43.2 Å². The van der Waals surface area contributed by atoms with Crippen LogP contribution in [0.3, 0.4) is 0 Å². The third-order valence-electron chi connectivity index (χ3n) is 3.87. The van der Waals surface area contributed by atoms with Crippen molar-refractivity contribution in [1.29, 1.82) is 0 Å². The molecule has 2 N–H and O–H groups in total. The Morgan fingerprint density at radius 2 is 1.85 bits per heavy atom. The summed E-state index contributed by atoms with van der Waals surface area (Å²) in [6, 6.07) is 15.6. The fourth-order valence-corrected chi connectivity index (χ4v) is 2.79. The number of halogens is 1. The van der Waals surface area contributed by atoms with Crippen molar-refractivity contribution in [3.05, 3.63) is 70.4 Å². The fraction of sp³-hybridized carbons (Fsp3) is 0.200. The molecule has 134 valence electrons. The molecule has 0 aliphatic heterocycles. The van der Waals surface area contributed by atoms with Crippen molar-refractivity contribution in [3.63, 3.8) is 0 Å². The van der Waals surface area contributed by atoms with E-state index in [2.05, 4.69) is 20.6 Å². The van der Waals surface area contributed by atoms with E-state index < -0.39 is 0 Å². The molecule has 0 radical (unpaired) electrons. The van der Waals surface area contributed by atoms with Gasteiger partial charge in [0.15, 0.2) is 0 Å². The van der Waals surface area contributed by atoms with Crippen molar-refractivity contribution < 1.29 is 4.74 Å². The predicted molar refractivity (Wildman–Crippen MR) is 107 cm³/mol. The van der Waals surface area contributed by atoms with E-state index in [1.54, 1.807) is 7.11 Å². The number of aryl methyl sites for hydroxylation is 2. The summed E-state index contributed by atoms with van der Waals surface area (Å²) in [6.45, 7) is 4.54. The smallest absolute Gasteiger partial charge is 0.229 e. The molecule has 0 atom stereocenters. The number of aromatic nitrogens is 2. The number of rotatable bonds is 6. The zero-order valence-electron chi connectivity index (χ0n) is 15.0. The lowest BCUT2D eigenvalue weighted by atomic mass is 10.2. The van der Waals surface area contributed by atoms with E-state index >= 15 is 0 Å². The van der Waals surface area contributed by atoms with E-state index in [4.69, 9.17) is 16.3 Å².